The molecule has 3 aromatic heterocycles. The zero-order valence-corrected chi connectivity index (χ0v) is 32.2. The fraction of sp³-hybridized carbons (Fsp3) is 0.472. The molecule has 0 radical (unpaired) electrons. The lowest BCUT2D eigenvalue weighted by molar-refractivity contribution is -0.137. The number of nitrogens with zero attached hydrogens (tertiary/aromatic N) is 7. The van der Waals surface area contributed by atoms with Crippen LogP contribution in [0.4, 0.5) is 10.2 Å². The molecule has 50 heavy (non-hydrogen) atoms. The van der Waals surface area contributed by atoms with Gasteiger partial charge in [0.15, 0.2) is 5.78 Å². The summed E-state index contributed by atoms with van der Waals surface area (Å²) in [5.41, 5.74) is 3.03. The van der Waals surface area contributed by atoms with Crippen LogP contribution in [0.5, 0.6) is 0 Å². The molecule has 5 heterocycles. The number of carbonyl (C=O) groups excluding carboxylic acids is 3. The molecular formula is C36H41BrFIN8O3. The molecule has 3 atom stereocenters. The van der Waals surface area contributed by atoms with E-state index in [0.717, 1.165) is 50.6 Å². The van der Waals surface area contributed by atoms with Gasteiger partial charge in [-0.2, -0.15) is 5.10 Å². The van der Waals surface area contributed by atoms with Gasteiger partial charge in [-0.15, -0.1) is 0 Å². The van der Waals surface area contributed by atoms with E-state index in [-0.39, 0.29) is 39.8 Å². The number of aryl methyl sites for hydroxylation is 1. The molecule has 1 N–H and O–H groups in total. The Hall–Kier alpha value is -3.37. The molecule has 11 nitrogen and oxygen atoms in total. The summed E-state index contributed by atoms with van der Waals surface area (Å²) in [4.78, 5) is 58.4. The smallest absolute Gasteiger partial charge is 0.248 e. The molecule has 0 saturated carbocycles. The number of fused-ring (bicyclic) bond motifs is 4. The second-order valence-corrected chi connectivity index (χ2v) is 15.4. The number of alkyl halides is 2. The van der Waals surface area contributed by atoms with Crippen LogP contribution in [0, 0.1) is 12.8 Å². The molecule has 0 aliphatic carbocycles. The van der Waals surface area contributed by atoms with E-state index >= 15 is 0 Å². The number of Topliss-reactive ketones (excluding diaryl/α,β-unsaturated/α-hetero) is 1. The Morgan fingerprint density at radius 1 is 1.08 bits per heavy atom. The number of halogens is 3. The van der Waals surface area contributed by atoms with Crippen LogP contribution in [0.15, 0.2) is 41.3 Å². The van der Waals surface area contributed by atoms with Gasteiger partial charge in [-0.05, 0) is 85.4 Å². The van der Waals surface area contributed by atoms with E-state index in [4.69, 9.17) is 0 Å². The minimum atomic E-state index is -0.836. The number of hydrogen-bond acceptors (Lipinski definition) is 8. The van der Waals surface area contributed by atoms with Crippen molar-refractivity contribution in [3.05, 3.63) is 63.9 Å². The lowest BCUT2D eigenvalue weighted by atomic mass is 9.97. The van der Waals surface area contributed by atoms with Gasteiger partial charge in [0.2, 0.25) is 11.8 Å². The maximum Gasteiger partial charge on any atom is 0.248 e. The highest BCUT2D eigenvalue weighted by molar-refractivity contribution is 14.1. The summed E-state index contributed by atoms with van der Waals surface area (Å²) >= 11 is 5.75. The predicted octanol–water partition coefficient (Wildman–Crippen LogP) is 7.03. The van der Waals surface area contributed by atoms with Crippen molar-refractivity contribution in [2.24, 2.45) is 5.92 Å². The third-order valence-electron chi connectivity index (χ3n) is 9.65. The van der Waals surface area contributed by atoms with Crippen molar-refractivity contribution >= 4 is 72.8 Å². The van der Waals surface area contributed by atoms with Gasteiger partial charge in [0.1, 0.15) is 41.2 Å². The van der Waals surface area contributed by atoms with Crippen molar-refractivity contribution in [3.8, 4) is 11.1 Å². The molecule has 2 bridgehead atoms. The van der Waals surface area contributed by atoms with Crippen molar-refractivity contribution in [3.63, 3.8) is 0 Å². The maximum absolute atomic E-state index is 14.7. The second kappa shape index (κ2) is 15.9. The van der Waals surface area contributed by atoms with E-state index < -0.39 is 12.7 Å². The SMILES string of the molecule is CC(=O)c1nn(CC(=O)N2[C@H](I)[C@H]3CCCCCCCN(C)Cc4ccc(Br)nc4NC(=O)[C@@H]2C3)c2c(CF)cc(-c3cnc(C)nc3)cc12. The van der Waals surface area contributed by atoms with Crippen molar-refractivity contribution in [1.82, 2.24) is 34.5 Å². The summed E-state index contributed by atoms with van der Waals surface area (Å²) in [7, 11) is 2.07. The molecule has 2 aliphatic heterocycles. The van der Waals surface area contributed by atoms with Crippen LogP contribution < -0.4 is 5.32 Å². The Bertz CT molecular complexity index is 1900. The van der Waals surface area contributed by atoms with E-state index in [1.165, 1.54) is 11.6 Å². The molecule has 1 saturated heterocycles. The summed E-state index contributed by atoms with van der Waals surface area (Å²) < 4.78 is 16.5. The highest BCUT2D eigenvalue weighted by Gasteiger charge is 2.46. The fourth-order valence-electron chi connectivity index (χ4n) is 7.10. The summed E-state index contributed by atoms with van der Waals surface area (Å²) in [6.07, 6.45) is 10.2. The molecule has 2 aliphatic rings. The van der Waals surface area contributed by atoms with Crippen molar-refractivity contribution in [2.75, 3.05) is 18.9 Å². The summed E-state index contributed by atoms with van der Waals surface area (Å²) in [5.74, 6) is 0.260. The summed E-state index contributed by atoms with van der Waals surface area (Å²) in [6.45, 7) is 3.66. The number of carbonyl (C=O) groups is 3. The first kappa shape index (κ1) is 36.4. The van der Waals surface area contributed by atoms with Crippen LogP contribution in [-0.4, -0.2) is 75.8 Å². The topological polar surface area (TPSA) is 126 Å². The minimum absolute atomic E-state index is 0.118. The number of aromatic nitrogens is 5. The van der Waals surface area contributed by atoms with E-state index in [0.29, 0.717) is 56.8 Å². The third kappa shape index (κ3) is 7.91. The van der Waals surface area contributed by atoms with Gasteiger partial charge in [0.25, 0.3) is 0 Å². The van der Waals surface area contributed by atoms with Crippen LogP contribution >= 0.6 is 38.5 Å². The molecule has 1 aromatic carbocycles. The molecule has 2 amide bonds. The Morgan fingerprint density at radius 2 is 1.82 bits per heavy atom. The number of nitrogens with one attached hydrogen (secondary N) is 1. The quantitative estimate of drug-likeness (QED) is 0.0746. The highest BCUT2D eigenvalue weighted by atomic mass is 127. The van der Waals surface area contributed by atoms with Gasteiger partial charge in [0, 0.05) is 47.9 Å². The highest BCUT2D eigenvalue weighted by Crippen LogP contribution is 2.39. The molecule has 6 rings (SSSR count). The van der Waals surface area contributed by atoms with Crippen LogP contribution in [0.25, 0.3) is 22.0 Å². The Morgan fingerprint density at radius 3 is 2.56 bits per heavy atom. The lowest BCUT2D eigenvalue weighted by Crippen LogP contribution is -2.47. The lowest BCUT2D eigenvalue weighted by Gasteiger charge is -2.28. The van der Waals surface area contributed by atoms with Gasteiger partial charge in [0.05, 0.1) is 9.57 Å². The number of ketones is 1. The van der Waals surface area contributed by atoms with Crippen molar-refractivity contribution < 1.29 is 18.8 Å². The number of benzene rings is 1. The van der Waals surface area contributed by atoms with Gasteiger partial charge in [-0.25, -0.2) is 19.3 Å². The molecule has 4 aromatic rings. The van der Waals surface area contributed by atoms with Crippen LogP contribution in [0.1, 0.15) is 79.3 Å². The van der Waals surface area contributed by atoms with Crippen molar-refractivity contribution in [2.45, 2.75) is 88.6 Å². The molecule has 0 spiro atoms. The van der Waals surface area contributed by atoms with Gasteiger partial charge in [-0.1, -0.05) is 54.3 Å². The average Bonchev–Trinajstić information content (AvgIpc) is 3.62. The monoisotopic (exact) mass is 858 g/mol. The van der Waals surface area contributed by atoms with E-state index in [1.54, 1.807) is 36.4 Å². The Kier molecular flexibility index (Phi) is 11.6. The van der Waals surface area contributed by atoms with Gasteiger partial charge >= 0.3 is 0 Å². The average molecular weight is 860 g/mol. The number of likely N-dealkylation sites (tertiary alicyclic amines) is 1. The van der Waals surface area contributed by atoms with E-state index in [1.807, 2.05) is 12.1 Å². The first-order valence-corrected chi connectivity index (χ1v) is 19.1. The minimum Gasteiger partial charge on any atom is -0.317 e. The van der Waals surface area contributed by atoms with Crippen LogP contribution in [0.3, 0.4) is 0 Å². The van der Waals surface area contributed by atoms with Crippen molar-refractivity contribution in [1.29, 1.82) is 0 Å². The molecular weight excluding hydrogens is 818 g/mol. The third-order valence-corrected chi connectivity index (χ3v) is 11.7. The summed E-state index contributed by atoms with van der Waals surface area (Å²) in [5, 5.41) is 8.08. The number of rotatable bonds is 5. The number of pyridine rings is 1. The molecule has 14 heteroatoms. The Labute approximate surface area is 313 Å². The van der Waals surface area contributed by atoms with Gasteiger partial charge < -0.3 is 15.1 Å². The predicted molar refractivity (Wildman–Crippen MR) is 201 cm³/mol. The van der Waals surface area contributed by atoms with E-state index in [2.05, 4.69) is 75.8 Å². The number of anilines is 1. The molecule has 264 valence electrons. The number of amides is 2. The normalized spacial score (nSPS) is 20.9. The zero-order valence-electron chi connectivity index (χ0n) is 28.5. The molecule has 0 unspecified atom stereocenters. The first-order valence-electron chi connectivity index (χ1n) is 17.0. The standard InChI is InChI=1S/C36H41BrFIN8O3/c1-21(48)32-28-14-25(27-17-40-22(2)41-18-27)13-26(16-38)33(28)46(44-32)20-31(49)47-29-15-23(34(47)39)9-7-5-4-6-8-12-45(3)19-24-10-11-30(37)42-35(24)43-36(29)50/h10-11,13-14,17-18,23,29,34H,4-9,12,15-16,19-20H2,1-3H3,(H,42,43,50)/t23-,29-,34-/m0/s1. The van der Waals surface area contributed by atoms with Crippen LogP contribution in [-0.2, 0) is 29.4 Å². The molecule has 1 fully saturated rings. The Balaban J connectivity index is 1.35. The zero-order chi connectivity index (χ0) is 35.5. The fourth-order valence-corrected chi connectivity index (χ4v) is 8.76. The maximum atomic E-state index is 14.7. The number of hydrogen-bond donors (Lipinski definition) is 1. The van der Waals surface area contributed by atoms with Crippen LogP contribution in [0.2, 0.25) is 0 Å². The summed E-state index contributed by atoms with van der Waals surface area (Å²) in [6, 6.07) is 6.54. The van der Waals surface area contributed by atoms with E-state index in [9.17, 15) is 18.8 Å². The largest absolute Gasteiger partial charge is 0.317 e. The first-order chi connectivity index (χ1) is 24.0. The van der Waals surface area contributed by atoms with Gasteiger partial charge in [-0.3, -0.25) is 19.1 Å². The second-order valence-electron chi connectivity index (χ2n) is 13.4.